The minimum absolute atomic E-state index is 0. The molecular formula is C8H11NaO3S. The molecule has 13 heavy (non-hydrogen) atoms. The molecule has 0 amide bonds. The van der Waals surface area contributed by atoms with Crippen LogP contribution in [0.25, 0.3) is 0 Å². The molecule has 0 bridgehead atoms. The first kappa shape index (κ1) is 13.1. The quantitative estimate of drug-likeness (QED) is 0.461. The van der Waals surface area contributed by atoms with Gasteiger partial charge in [-0.05, 0) is 25.5 Å². The van der Waals surface area contributed by atoms with Crippen LogP contribution < -0.4 is 29.6 Å². The topological polar surface area (TPSA) is 54.4 Å². The fourth-order valence-corrected chi connectivity index (χ4v) is 1.79. The number of hydrogen-bond donors (Lipinski definition) is 1. The maximum Gasteiger partial charge on any atom is 1.00 e. The Morgan fingerprint density at radius 1 is 1.31 bits per heavy atom. The number of aryl methyl sites for hydroxylation is 2. The van der Waals surface area contributed by atoms with Gasteiger partial charge in [0, 0.05) is 0 Å². The molecule has 0 radical (unpaired) electrons. The van der Waals surface area contributed by atoms with Crippen molar-refractivity contribution >= 4 is 10.1 Å². The summed E-state index contributed by atoms with van der Waals surface area (Å²) in [7, 11) is -4.05. The first-order chi connectivity index (χ1) is 5.41. The van der Waals surface area contributed by atoms with Crippen molar-refractivity contribution < 1.29 is 44.0 Å². The smallest absolute Gasteiger partial charge is 1.00 e. The molecule has 1 aromatic rings. The van der Waals surface area contributed by atoms with E-state index in [0.29, 0.717) is 5.56 Å². The maximum absolute atomic E-state index is 10.7. The van der Waals surface area contributed by atoms with Crippen LogP contribution in [0.1, 0.15) is 12.6 Å². The van der Waals surface area contributed by atoms with Gasteiger partial charge in [0.15, 0.2) is 0 Å². The van der Waals surface area contributed by atoms with E-state index in [1.807, 2.05) is 6.92 Å². The predicted molar refractivity (Wildman–Crippen MR) is 46.8 cm³/mol. The van der Waals surface area contributed by atoms with E-state index >= 15 is 0 Å². The molecule has 0 unspecified atom stereocenters. The number of rotatable bonds is 1. The monoisotopic (exact) mass is 210 g/mol. The third kappa shape index (κ3) is 3.40. The van der Waals surface area contributed by atoms with Gasteiger partial charge in [-0.2, -0.15) is 8.42 Å². The van der Waals surface area contributed by atoms with Gasteiger partial charge in [-0.3, -0.25) is 4.55 Å². The van der Waals surface area contributed by atoms with Gasteiger partial charge in [0.25, 0.3) is 10.1 Å². The summed E-state index contributed by atoms with van der Waals surface area (Å²) in [5, 5.41) is 0. The van der Waals surface area contributed by atoms with E-state index < -0.39 is 10.1 Å². The van der Waals surface area contributed by atoms with Gasteiger partial charge in [0.05, 0.1) is 4.90 Å². The summed E-state index contributed by atoms with van der Waals surface area (Å²) in [5.74, 6) is 0. The average Bonchev–Trinajstić information content (AvgIpc) is 1.83. The van der Waals surface area contributed by atoms with E-state index in [1.54, 1.807) is 19.1 Å². The molecule has 68 valence electrons. The van der Waals surface area contributed by atoms with Crippen LogP contribution in [0.4, 0.5) is 0 Å². The van der Waals surface area contributed by atoms with Gasteiger partial charge in [-0.15, -0.1) is 0 Å². The Labute approximate surface area is 102 Å². The maximum atomic E-state index is 10.7. The molecule has 0 spiro atoms. The molecule has 3 nitrogen and oxygen atoms in total. The molecular weight excluding hydrogens is 199 g/mol. The van der Waals surface area contributed by atoms with Crippen LogP contribution in [0.5, 0.6) is 0 Å². The molecule has 0 aliphatic rings. The molecule has 0 saturated carbocycles. The average molecular weight is 210 g/mol. The summed E-state index contributed by atoms with van der Waals surface area (Å²) in [6.45, 7) is 3.51. The van der Waals surface area contributed by atoms with Crippen LogP contribution in [-0.4, -0.2) is 13.0 Å². The summed E-state index contributed by atoms with van der Waals surface area (Å²) in [6, 6.07) is 4.76. The van der Waals surface area contributed by atoms with E-state index in [0.717, 1.165) is 5.56 Å². The summed E-state index contributed by atoms with van der Waals surface area (Å²) in [6.07, 6.45) is 0. The normalized spacial score (nSPS) is 10.7. The standard InChI is InChI=1S/C8H10O3S.Na.H/c1-6-3-4-8(7(2)5-6)12(9,10)11;;/h3-5H,1-2H3,(H,9,10,11);;/q;+1;-1. The largest absolute Gasteiger partial charge is 1.00 e. The number of hydrogen-bond acceptors (Lipinski definition) is 2. The molecule has 1 aromatic carbocycles. The van der Waals surface area contributed by atoms with E-state index in [9.17, 15) is 8.42 Å². The fraction of sp³-hybridized carbons (Fsp3) is 0.250. The van der Waals surface area contributed by atoms with E-state index in [1.165, 1.54) is 6.07 Å². The molecule has 0 saturated heterocycles. The summed E-state index contributed by atoms with van der Waals surface area (Å²) >= 11 is 0. The summed E-state index contributed by atoms with van der Waals surface area (Å²) in [4.78, 5) is -0.0203. The minimum Gasteiger partial charge on any atom is -1.00 e. The molecule has 0 heterocycles. The van der Waals surface area contributed by atoms with Crippen molar-refractivity contribution in [2.75, 3.05) is 0 Å². The molecule has 0 aromatic heterocycles. The van der Waals surface area contributed by atoms with Gasteiger partial charge in [0.1, 0.15) is 0 Å². The Bertz CT molecular complexity index is 403. The first-order valence-corrected chi connectivity index (χ1v) is 4.90. The van der Waals surface area contributed by atoms with Crippen molar-refractivity contribution in [3.05, 3.63) is 29.3 Å². The van der Waals surface area contributed by atoms with Gasteiger partial charge >= 0.3 is 29.6 Å². The zero-order valence-corrected chi connectivity index (χ0v) is 10.7. The zero-order chi connectivity index (χ0) is 9.35. The van der Waals surface area contributed by atoms with Gasteiger partial charge < -0.3 is 1.43 Å². The molecule has 5 heteroatoms. The third-order valence-electron chi connectivity index (χ3n) is 1.61. The van der Waals surface area contributed by atoms with Crippen LogP contribution in [0.2, 0.25) is 0 Å². The van der Waals surface area contributed by atoms with Gasteiger partial charge in [0.2, 0.25) is 0 Å². The Morgan fingerprint density at radius 3 is 2.23 bits per heavy atom. The van der Waals surface area contributed by atoms with Crippen molar-refractivity contribution in [2.45, 2.75) is 18.7 Å². The zero-order valence-electron chi connectivity index (χ0n) is 8.90. The van der Waals surface area contributed by atoms with Crippen molar-refractivity contribution in [1.82, 2.24) is 0 Å². The third-order valence-corrected chi connectivity index (χ3v) is 2.62. The van der Waals surface area contributed by atoms with E-state index in [2.05, 4.69) is 0 Å². The molecule has 0 aliphatic heterocycles. The van der Waals surface area contributed by atoms with Crippen molar-refractivity contribution in [2.24, 2.45) is 0 Å². The fourth-order valence-electron chi connectivity index (χ4n) is 1.09. The second-order valence-corrected chi connectivity index (χ2v) is 4.13. The van der Waals surface area contributed by atoms with Crippen molar-refractivity contribution in [3.63, 3.8) is 0 Å². The SMILES string of the molecule is Cc1ccc(S(=O)(=O)O)c(C)c1.[H-].[Na+]. The molecule has 0 aliphatic carbocycles. The second kappa shape index (κ2) is 4.57. The van der Waals surface area contributed by atoms with E-state index in [-0.39, 0.29) is 35.9 Å². The van der Waals surface area contributed by atoms with Crippen molar-refractivity contribution in [1.29, 1.82) is 0 Å². The van der Waals surface area contributed by atoms with E-state index in [4.69, 9.17) is 4.55 Å². The van der Waals surface area contributed by atoms with Crippen LogP contribution in [0.15, 0.2) is 23.1 Å². The Morgan fingerprint density at radius 2 is 1.85 bits per heavy atom. The minimum atomic E-state index is -4.05. The van der Waals surface area contributed by atoms with Gasteiger partial charge in [-0.1, -0.05) is 17.7 Å². The Kier molecular flexibility index (Phi) is 4.62. The van der Waals surface area contributed by atoms with Crippen LogP contribution in [0, 0.1) is 13.8 Å². The summed E-state index contributed by atoms with van der Waals surface area (Å²) in [5.41, 5.74) is 1.54. The van der Waals surface area contributed by atoms with Gasteiger partial charge in [-0.25, -0.2) is 0 Å². The van der Waals surface area contributed by atoms with Crippen LogP contribution in [0.3, 0.4) is 0 Å². The predicted octanol–water partition coefficient (Wildman–Crippen LogP) is -1.33. The molecule has 0 atom stereocenters. The molecule has 0 fully saturated rings. The summed E-state index contributed by atoms with van der Waals surface area (Å²) < 4.78 is 30.2. The second-order valence-electron chi connectivity index (χ2n) is 2.74. The Hall–Kier alpha value is 0.130. The molecule has 1 rings (SSSR count). The van der Waals surface area contributed by atoms with Crippen LogP contribution in [-0.2, 0) is 10.1 Å². The Balaban J connectivity index is 0. The number of benzene rings is 1. The van der Waals surface area contributed by atoms with Crippen molar-refractivity contribution in [3.8, 4) is 0 Å². The first-order valence-electron chi connectivity index (χ1n) is 3.46. The molecule has 1 N–H and O–H groups in total. The van der Waals surface area contributed by atoms with Crippen LogP contribution >= 0.6 is 0 Å².